The van der Waals surface area contributed by atoms with Crippen LogP contribution in [0.1, 0.15) is 0 Å². The third kappa shape index (κ3) is 9.06. The molecule has 0 aliphatic heterocycles. The van der Waals surface area contributed by atoms with Gasteiger partial charge in [-0.2, -0.15) is 3.89 Å². The van der Waals surface area contributed by atoms with Crippen molar-refractivity contribution in [3.8, 4) is 0 Å². The molecule has 1 atom stereocenters. The summed E-state index contributed by atoms with van der Waals surface area (Å²) in [6.45, 7) is 0. The molecule has 0 radical (unpaired) electrons. The highest BCUT2D eigenvalue weighted by Crippen LogP contribution is 2.60. The van der Waals surface area contributed by atoms with Gasteiger partial charge in [0.25, 0.3) is 0 Å². The average molecular weight is 190 g/mol. The van der Waals surface area contributed by atoms with E-state index < -0.39 is 20.1 Å². The molecule has 0 amide bonds. The van der Waals surface area contributed by atoms with Crippen LogP contribution in [0.15, 0.2) is 0 Å². The highest BCUT2D eigenvalue weighted by molar-refractivity contribution is 8.71. The van der Waals surface area contributed by atoms with Crippen molar-refractivity contribution in [3.05, 3.63) is 0 Å². The summed E-state index contributed by atoms with van der Waals surface area (Å²) in [5.74, 6) is 0. The molecule has 0 aromatic heterocycles. The number of hydrogen-bond acceptors (Lipinski definition) is 0. The molecule has 0 heterocycles. The highest BCUT2D eigenvalue weighted by Gasteiger charge is 2.16. The van der Waals surface area contributed by atoms with E-state index in [1.54, 1.807) is 12.5 Å². The fourth-order valence-corrected chi connectivity index (χ4v) is 9.41. The Labute approximate surface area is 62.9 Å². The van der Waals surface area contributed by atoms with E-state index in [4.69, 9.17) is 0 Å². The fraction of sp³-hybridized carbons (Fsp3) is 1.00. The maximum absolute atomic E-state index is 13.0. The SMILES string of the molecule is CS(C)(F)CS(C)(C)P. The van der Waals surface area contributed by atoms with Gasteiger partial charge in [0.05, 0.1) is 0 Å². The van der Waals surface area contributed by atoms with Crippen molar-refractivity contribution in [2.75, 3.05) is 30.1 Å². The third-order valence-electron chi connectivity index (χ3n) is 0.584. The molecule has 0 aromatic rings. The fourth-order valence-electron chi connectivity index (χ4n) is 0.722. The van der Waals surface area contributed by atoms with E-state index in [1.165, 1.54) is 0 Å². The van der Waals surface area contributed by atoms with Crippen LogP contribution in [-0.4, -0.2) is 30.1 Å². The van der Waals surface area contributed by atoms with Crippen LogP contribution in [0.3, 0.4) is 0 Å². The van der Waals surface area contributed by atoms with Gasteiger partial charge in [-0.15, -0.1) is 0 Å². The second-order valence-electron chi connectivity index (χ2n) is 3.14. The topological polar surface area (TPSA) is 0 Å². The smallest absolute Gasteiger partial charge is 0.0357 e. The Morgan fingerprint density at radius 3 is 1.56 bits per heavy atom. The minimum atomic E-state index is -1.77. The van der Waals surface area contributed by atoms with E-state index in [2.05, 4.69) is 21.0 Å². The summed E-state index contributed by atoms with van der Waals surface area (Å²) >= 11 is 0. The Bertz CT molecular complexity index is 80.1. The minimum absolute atomic E-state index is 0.703. The third-order valence-corrected chi connectivity index (χ3v) is 6.48. The zero-order valence-corrected chi connectivity index (χ0v) is 9.27. The normalized spacial score (nSPS) is 17.6. The number of halogens is 1. The Hall–Kier alpha value is 1.06. The molecule has 0 aliphatic carbocycles. The molecule has 0 saturated heterocycles. The van der Waals surface area contributed by atoms with Gasteiger partial charge in [-0.1, -0.05) is 18.9 Å². The van der Waals surface area contributed by atoms with Crippen molar-refractivity contribution >= 4 is 28.5 Å². The van der Waals surface area contributed by atoms with Gasteiger partial charge in [-0.05, 0) is 25.0 Å². The van der Waals surface area contributed by atoms with Crippen LogP contribution >= 0.6 is 28.5 Å². The first kappa shape index (κ1) is 10.1. The van der Waals surface area contributed by atoms with Gasteiger partial charge in [0.1, 0.15) is 0 Å². The van der Waals surface area contributed by atoms with E-state index in [1.807, 2.05) is 0 Å². The quantitative estimate of drug-likeness (QED) is 0.587. The molecule has 0 spiro atoms. The summed E-state index contributed by atoms with van der Waals surface area (Å²) in [7, 11) is 0.274. The van der Waals surface area contributed by atoms with Crippen molar-refractivity contribution < 1.29 is 3.89 Å². The van der Waals surface area contributed by atoms with Gasteiger partial charge in [-0.25, -0.2) is 9.65 Å². The van der Waals surface area contributed by atoms with Crippen LogP contribution in [0.25, 0.3) is 0 Å². The predicted octanol–water partition coefficient (Wildman–Crippen LogP) is 2.75. The Morgan fingerprint density at radius 1 is 1.22 bits per heavy atom. The molecule has 0 bridgehead atoms. The summed E-state index contributed by atoms with van der Waals surface area (Å²) < 4.78 is 13.0. The first-order chi connectivity index (χ1) is 3.71. The molecule has 60 valence electrons. The second-order valence-corrected chi connectivity index (χ2v) is 14.0. The van der Waals surface area contributed by atoms with Crippen molar-refractivity contribution in [2.45, 2.75) is 0 Å². The molecule has 0 rings (SSSR count). The van der Waals surface area contributed by atoms with E-state index in [0.29, 0.717) is 0 Å². The molecule has 0 nitrogen and oxygen atoms in total. The summed E-state index contributed by atoms with van der Waals surface area (Å²) in [6, 6.07) is 0. The monoisotopic (exact) mass is 190 g/mol. The highest BCUT2D eigenvalue weighted by atomic mass is 32.8. The summed E-state index contributed by atoms with van der Waals surface area (Å²) in [6.07, 6.45) is 7.66. The lowest BCUT2D eigenvalue weighted by Gasteiger charge is -2.33. The van der Waals surface area contributed by atoms with Crippen molar-refractivity contribution in [3.63, 3.8) is 0 Å². The van der Waals surface area contributed by atoms with Gasteiger partial charge in [-0.3, -0.25) is 0 Å². The van der Waals surface area contributed by atoms with Crippen LogP contribution in [0.4, 0.5) is 3.89 Å². The van der Waals surface area contributed by atoms with Crippen molar-refractivity contribution in [2.24, 2.45) is 0 Å². The lowest BCUT2D eigenvalue weighted by Crippen LogP contribution is -1.98. The Morgan fingerprint density at radius 2 is 1.56 bits per heavy atom. The van der Waals surface area contributed by atoms with Gasteiger partial charge in [0, 0.05) is 5.08 Å². The lowest BCUT2D eigenvalue weighted by molar-refractivity contribution is 0.909. The molecular formula is C5H16FPS2. The van der Waals surface area contributed by atoms with Gasteiger partial charge in [0.2, 0.25) is 0 Å². The Kier molecular flexibility index (Phi) is 3.33. The molecule has 4 heteroatoms. The van der Waals surface area contributed by atoms with Gasteiger partial charge < -0.3 is 0 Å². The minimum Gasteiger partial charge on any atom is -0.222 e. The van der Waals surface area contributed by atoms with Crippen LogP contribution in [0, 0.1) is 0 Å². The van der Waals surface area contributed by atoms with Crippen LogP contribution in [-0.2, 0) is 0 Å². The lowest BCUT2D eigenvalue weighted by atomic mass is 11.8. The van der Waals surface area contributed by atoms with Crippen LogP contribution in [0.2, 0.25) is 0 Å². The molecular weight excluding hydrogens is 174 g/mol. The summed E-state index contributed by atoms with van der Waals surface area (Å²) in [5, 5.41) is 0.755. The molecule has 0 aliphatic rings. The summed E-state index contributed by atoms with van der Waals surface area (Å²) in [5.41, 5.74) is 0. The van der Waals surface area contributed by atoms with Gasteiger partial charge >= 0.3 is 0 Å². The van der Waals surface area contributed by atoms with E-state index in [-0.39, 0.29) is 0 Å². The largest absolute Gasteiger partial charge is 0.222 e. The van der Waals surface area contributed by atoms with Crippen LogP contribution < -0.4 is 0 Å². The maximum Gasteiger partial charge on any atom is 0.0357 e. The zero-order valence-electron chi connectivity index (χ0n) is 6.48. The maximum atomic E-state index is 13.0. The second kappa shape index (κ2) is 2.98. The van der Waals surface area contributed by atoms with Crippen molar-refractivity contribution in [1.29, 1.82) is 0 Å². The molecule has 0 aromatic carbocycles. The number of hydrogen-bond donors (Lipinski definition) is 0. The molecule has 1 unspecified atom stereocenters. The van der Waals surface area contributed by atoms with Crippen molar-refractivity contribution in [1.82, 2.24) is 0 Å². The first-order valence-electron chi connectivity index (χ1n) is 2.60. The Balaban J connectivity index is 3.75. The molecule has 0 saturated carbocycles. The van der Waals surface area contributed by atoms with Crippen LogP contribution in [0.5, 0.6) is 0 Å². The molecule has 0 fully saturated rings. The predicted molar refractivity (Wildman–Crippen MR) is 54.6 cm³/mol. The molecule has 0 N–H and O–H groups in total. The van der Waals surface area contributed by atoms with E-state index >= 15 is 0 Å². The van der Waals surface area contributed by atoms with E-state index in [0.717, 1.165) is 5.08 Å². The first-order valence-corrected chi connectivity index (χ1v) is 9.22. The average Bonchev–Trinajstić information content (AvgIpc) is 1.14. The molecule has 9 heavy (non-hydrogen) atoms. The number of rotatable bonds is 2. The van der Waals surface area contributed by atoms with E-state index in [9.17, 15) is 3.89 Å². The van der Waals surface area contributed by atoms with Gasteiger partial charge in [0.15, 0.2) is 0 Å². The summed E-state index contributed by atoms with van der Waals surface area (Å²) in [4.78, 5) is 0. The standard InChI is InChI=1S/C5H16FPS2/c1-8(2,6)5-9(3,4)7/h5,7H2,1-4H3. The zero-order chi connectivity index (χ0) is 7.71.